The Hall–Kier alpha value is -2.92. The van der Waals surface area contributed by atoms with Crippen LogP contribution in [0.1, 0.15) is 46.1 Å². The van der Waals surface area contributed by atoms with E-state index in [9.17, 15) is 4.79 Å². The van der Waals surface area contributed by atoms with Crippen LogP contribution < -0.4 is 0 Å². The zero-order valence-corrected chi connectivity index (χ0v) is 16.0. The second-order valence-corrected chi connectivity index (χ2v) is 6.84. The van der Waals surface area contributed by atoms with Crippen molar-refractivity contribution < 1.29 is 9.53 Å². The summed E-state index contributed by atoms with van der Waals surface area (Å²) in [5, 5.41) is 0.624. The number of ether oxygens (including phenoxy) is 1. The fourth-order valence-corrected chi connectivity index (χ4v) is 3.70. The molecule has 1 aliphatic heterocycles. The summed E-state index contributed by atoms with van der Waals surface area (Å²) >= 11 is 6.31. The first-order chi connectivity index (χ1) is 13.0. The molecule has 27 heavy (non-hydrogen) atoms. The van der Waals surface area contributed by atoms with Gasteiger partial charge in [-0.3, -0.25) is 9.56 Å². The Morgan fingerprint density at radius 3 is 2.63 bits per heavy atom. The number of aromatic nitrogens is 2. The first-order valence-corrected chi connectivity index (χ1v) is 9.00. The van der Waals surface area contributed by atoms with Crippen molar-refractivity contribution in [3.05, 3.63) is 81.9 Å². The van der Waals surface area contributed by atoms with Crippen molar-refractivity contribution in [2.45, 2.75) is 19.9 Å². The number of nitrogens with zero attached hydrogens (tertiary/aromatic N) is 3. The van der Waals surface area contributed by atoms with E-state index < -0.39 is 5.97 Å². The van der Waals surface area contributed by atoms with Crippen LogP contribution in [0.4, 0.5) is 0 Å². The van der Waals surface area contributed by atoms with Gasteiger partial charge in [0, 0.05) is 16.1 Å². The summed E-state index contributed by atoms with van der Waals surface area (Å²) in [7, 11) is 1.36. The molecule has 0 saturated heterocycles. The minimum atomic E-state index is -0.465. The van der Waals surface area contributed by atoms with E-state index in [2.05, 4.69) is 4.98 Å². The number of imidazole rings is 1. The van der Waals surface area contributed by atoms with Crippen molar-refractivity contribution in [3.8, 4) is 5.69 Å². The number of carbonyl (C=O) groups excluding carboxylic acids is 1. The van der Waals surface area contributed by atoms with Crippen LogP contribution in [0.2, 0.25) is 5.02 Å². The molecule has 2 aromatic carbocycles. The molecule has 1 aromatic heterocycles. The topological polar surface area (TPSA) is 56.5 Å². The maximum atomic E-state index is 12.3. The summed E-state index contributed by atoms with van der Waals surface area (Å²) in [6.45, 7) is 3.82. The van der Waals surface area contributed by atoms with E-state index in [1.165, 1.54) is 7.11 Å². The summed E-state index contributed by atoms with van der Waals surface area (Å²) in [5.74, 6) is 0.234. The monoisotopic (exact) mass is 379 g/mol. The lowest BCUT2D eigenvalue weighted by Crippen LogP contribution is -2.10. The maximum Gasteiger partial charge on any atom is 0.358 e. The van der Waals surface area contributed by atoms with Crippen molar-refractivity contribution in [2.75, 3.05) is 7.11 Å². The molecule has 0 fully saturated rings. The predicted molar refractivity (Wildman–Crippen MR) is 105 cm³/mol. The van der Waals surface area contributed by atoms with E-state index in [-0.39, 0.29) is 6.04 Å². The minimum Gasteiger partial charge on any atom is -0.464 e. The van der Waals surface area contributed by atoms with E-state index in [0.717, 1.165) is 22.5 Å². The lowest BCUT2D eigenvalue weighted by atomic mass is 10.0. The van der Waals surface area contributed by atoms with Crippen molar-refractivity contribution in [2.24, 2.45) is 4.99 Å². The molecule has 0 saturated carbocycles. The second kappa shape index (κ2) is 6.67. The molecule has 0 aliphatic carbocycles. The average molecular weight is 380 g/mol. The van der Waals surface area contributed by atoms with Gasteiger partial charge in [-0.25, -0.2) is 9.78 Å². The van der Waals surface area contributed by atoms with Crippen LogP contribution in [0.3, 0.4) is 0 Å². The van der Waals surface area contributed by atoms with E-state index in [1.807, 2.05) is 66.9 Å². The highest BCUT2D eigenvalue weighted by molar-refractivity contribution is 6.31. The standard InChI is InChI=1S/C21H18ClN3O2/c1-12-20-19(21(26)27-3)24-13(2)25(20)17-10-9-15(22)11-16(17)18(23-12)14-7-5-4-6-8-14/h4-12H,1-3H3. The SMILES string of the molecule is COC(=O)c1nc(C)n2c1C(C)N=C(c1ccccc1)c1cc(Cl)ccc1-2. The Morgan fingerprint density at radius 1 is 1.19 bits per heavy atom. The number of aliphatic imine (C=N–C) groups is 1. The number of esters is 1. The number of methoxy groups -OCH3 is 1. The summed E-state index contributed by atoms with van der Waals surface area (Å²) in [4.78, 5) is 21.7. The van der Waals surface area contributed by atoms with Gasteiger partial charge in [0.2, 0.25) is 0 Å². The molecular formula is C21H18ClN3O2. The first-order valence-electron chi connectivity index (χ1n) is 8.62. The maximum absolute atomic E-state index is 12.3. The van der Waals surface area contributed by atoms with Gasteiger partial charge in [-0.15, -0.1) is 0 Å². The predicted octanol–water partition coefficient (Wildman–Crippen LogP) is 4.53. The van der Waals surface area contributed by atoms with E-state index in [1.54, 1.807) is 0 Å². The van der Waals surface area contributed by atoms with Gasteiger partial charge in [-0.1, -0.05) is 41.9 Å². The van der Waals surface area contributed by atoms with Gasteiger partial charge in [0.1, 0.15) is 5.82 Å². The number of hydrogen-bond acceptors (Lipinski definition) is 4. The third-order valence-electron chi connectivity index (χ3n) is 4.68. The highest BCUT2D eigenvalue weighted by Crippen LogP contribution is 2.35. The second-order valence-electron chi connectivity index (χ2n) is 6.40. The van der Waals surface area contributed by atoms with Crippen LogP contribution in [0.15, 0.2) is 53.5 Å². The smallest absolute Gasteiger partial charge is 0.358 e. The van der Waals surface area contributed by atoms with Gasteiger partial charge in [0.05, 0.1) is 30.2 Å². The third-order valence-corrected chi connectivity index (χ3v) is 4.91. The van der Waals surface area contributed by atoms with E-state index in [4.69, 9.17) is 21.3 Å². The molecule has 0 spiro atoms. The Kier molecular flexibility index (Phi) is 4.32. The van der Waals surface area contributed by atoms with Gasteiger partial charge in [0.25, 0.3) is 0 Å². The van der Waals surface area contributed by atoms with Gasteiger partial charge in [-0.2, -0.15) is 0 Å². The molecule has 4 rings (SSSR count). The quantitative estimate of drug-likeness (QED) is 0.614. The minimum absolute atomic E-state index is 0.290. The summed E-state index contributed by atoms with van der Waals surface area (Å²) in [5.41, 5.74) is 4.62. The van der Waals surface area contributed by atoms with Gasteiger partial charge in [-0.05, 0) is 32.0 Å². The van der Waals surface area contributed by atoms with Crippen LogP contribution in [-0.2, 0) is 4.74 Å². The molecule has 136 valence electrons. The summed E-state index contributed by atoms with van der Waals surface area (Å²) < 4.78 is 6.91. The Morgan fingerprint density at radius 2 is 1.93 bits per heavy atom. The molecule has 3 aromatic rings. The normalized spacial score (nSPS) is 15.4. The fraction of sp³-hybridized carbons (Fsp3) is 0.190. The molecule has 5 nitrogen and oxygen atoms in total. The van der Waals surface area contributed by atoms with Gasteiger partial charge in [0.15, 0.2) is 5.69 Å². The Bertz CT molecular complexity index is 1070. The molecule has 0 N–H and O–H groups in total. The zero-order valence-electron chi connectivity index (χ0n) is 15.2. The largest absolute Gasteiger partial charge is 0.464 e. The third kappa shape index (κ3) is 2.84. The highest BCUT2D eigenvalue weighted by atomic mass is 35.5. The number of carbonyl (C=O) groups is 1. The van der Waals surface area contributed by atoms with E-state index in [0.29, 0.717) is 22.2 Å². The average Bonchev–Trinajstić information content (AvgIpc) is 2.96. The first kappa shape index (κ1) is 17.5. The molecular weight excluding hydrogens is 362 g/mol. The molecule has 0 radical (unpaired) electrons. The van der Waals surface area contributed by atoms with Crippen LogP contribution in [0.5, 0.6) is 0 Å². The molecule has 1 aliphatic rings. The summed E-state index contributed by atoms with van der Waals surface area (Å²) in [6.07, 6.45) is 0. The molecule has 1 atom stereocenters. The number of benzene rings is 2. The lowest BCUT2D eigenvalue weighted by Gasteiger charge is -2.14. The van der Waals surface area contributed by atoms with Crippen molar-refractivity contribution >= 4 is 23.3 Å². The fourth-order valence-electron chi connectivity index (χ4n) is 3.53. The molecule has 0 bridgehead atoms. The van der Waals surface area contributed by atoms with E-state index >= 15 is 0 Å². The van der Waals surface area contributed by atoms with Crippen molar-refractivity contribution in [3.63, 3.8) is 0 Å². The van der Waals surface area contributed by atoms with Gasteiger partial charge < -0.3 is 4.74 Å². The summed E-state index contributed by atoms with van der Waals surface area (Å²) in [6, 6.07) is 15.3. The Balaban J connectivity index is 2.06. The molecule has 0 amide bonds. The Labute approximate surface area is 162 Å². The molecule has 1 unspecified atom stereocenters. The number of rotatable bonds is 2. The highest BCUT2D eigenvalue weighted by Gasteiger charge is 2.30. The van der Waals surface area contributed by atoms with Crippen LogP contribution >= 0.6 is 11.6 Å². The molecule has 6 heteroatoms. The number of halogens is 1. The zero-order chi connectivity index (χ0) is 19.1. The van der Waals surface area contributed by atoms with Gasteiger partial charge >= 0.3 is 5.97 Å². The lowest BCUT2D eigenvalue weighted by molar-refractivity contribution is 0.0592. The van der Waals surface area contributed by atoms with Crippen LogP contribution in [0, 0.1) is 6.92 Å². The molecule has 2 heterocycles. The van der Waals surface area contributed by atoms with Crippen molar-refractivity contribution in [1.29, 1.82) is 0 Å². The van der Waals surface area contributed by atoms with Crippen LogP contribution in [0.25, 0.3) is 5.69 Å². The van der Waals surface area contributed by atoms with Crippen LogP contribution in [-0.4, -0.2) is 28.3 Å². The number of hydrogen-bond donors (Lipinski definition) is 0. The van der Waals surface area contributed by atoms with Crippen molar-refractivity contribution in [1.82, 2.24) is 9.55 Å². The number of fused-ring (bicyclic) bond motifs is 3. The number of aryl methyl sites for hydroxylation is 1.